The maximum Gasteiger partial charge on any atom is 0.278 e. The number of anilines is 2. The second kappa shape index (κ2) is 6.23. The third-order valence-electron chi connectivity index (χ3n) is 2.54. The van der Waals surface area contributed by atoms with Gasteiger partial charge in [-0.3, -0.25) is 9.59 Å². The summed E-state index contributed by atoms with van der Waals surface area (Å²) in [5.41, 5.74) is 0.592. The topological polar surface area (TPSA) is 91.3 Å². The SMILES string of the molecule is CC(=O)Nc1ccc(Cl)cc1NC(=O)c1ncccc1O. The van der Waals surface area contributed by atoms with Gasteiger partial charge in [-0.2, -0.15) is 0 Å². The molecule has 2 aromatic rings. The number of hydrogen-bond donors (Lipinski definition) is 3. The van der Waals surface area contributed by atoms with Crippen molar-refractivity contribution in [3.05, 3.63) is 47.2 Å². The Morgan fingerprint density at radius 1 is 1.19 bits per heavy atom. The van der Waals surface area contributed by atoms with Crippen LogP contribution in [0.2, 0.25) is 5.02 Å². The van der Waals surface area contributed by atoms with Crippen LogP contribution < -0.4 is 10.6 Å². The van der Waals surface area contributed by atoms with Crippen molar-refractivity contribution in [3.8, 4) is 5.75 Å². The lowest BCUT2D eigenvalue weighted by Crippen LogP contribution is -2.16. The highest BCUT2D eigenvalue weighted by Gasteiger charge is 2.15. The molecule has 2 amide bonds. The number of rotatable bonds is 3. The van der Waals surface area contributed by atoms with Crippen LogP contribution in [0.3, 0.4) is 0 Å². The number of aromatic hydroxyl groups is 1. The van der Waals surface area contributed by atoms with Gasteiger partial charge in [-0.05, 0) is 30.3 Å². The van der Waals surface area contributed by atoms with Crippen LogP contribution >= 0.6 is 11.6 Å². The van der Waals surface area contributed by atoms with Crippen LogP contribution in [0.4, 0.5) is 11.4 Å². The molecule has 0 atom stereocenters. The zero-order valence-electron chi connectivity index (χ0n) is 11.1. The van der Waals surface area contributed by atoms with E-state index in [1.54, 1.807) is 12.1 Å². The number of benzene rings is 1. The molecule has 108 valence electrons. The number of aromatic nitrogens is 1. The molecule has 0 aliphatic heterocycles. The summed E-state index contributed by atoms with van der Waals surface area (Å²) in [7, 11) is 0. The number of nitrogens with zero attached hydrogens (tertiary/aromatic N) is 1. The molecule has 6 nitrogen and oxygen atoms in total. The molecule has 1 heterocycles. The Bertz CT molecular complexity index is 704. The van der Waals surface area contributed by atoms with Gasteiger partial charge in [-0.25, -0.2) is 4.98 Å². The first kappa shape index (κ1) is 14.8. The maximum atomic E-state index is 12.1. The molecule has 0 radical (unpaired) electrons. The molecule has 1 aromatic heterocycles. The number of hydrogen-bond acceptors (Lipinski definition) is 4. The highest BCUT2D eigenvalue weighted by molar-refractivity contribution is 6.31. The molecule has 0 fully saturated rings. The number of halogens is 1. The molecule has 3 N–H and O–H groups in total. The lowest BCUT2D eigenvalue weighted by atomic mass is 10.2. The van der Waals surface area contributed by atoms with Crippen LogP contribution in [0, 0.1) is 0 Å². The number of carbonyl (C=O) groups excluding carboxylic acids is 2. The Kier molecular flexibility index (Phi) is 4.39. The smallest absolute Gasteiger partial charge is 0.278 e. The number of nitrogens with one attached hydrogen (secondary N) is 2. The molecule has 0 bridgehead atoms. The third kappa shape index (κ3) is 3.70. The van der Waals surface area contributed by atoms with Gasteiger partial charge in [-0.1, -0.05) is 11.6 Å². The van der Waals surface area contributed by atoms with Crippen molar-refractivity contribution < 1.29 is 14.7 Å². The van der Waals surface area contributed by atoms with Crippen LogP contribution in [0.1, 0.15) is 17.4 Å². The third-order valence-corrected chi connectivity index (χ3v) is 2.78. The van der Waals surface area contributed by atoms with Crippen molar-refractivity contribution in [2.45, 2.75) is 6.92 Å². The average molecular weight is 306 g/mol. The van der Waals surface area contributed by atoms with Gasteiger partial charge >= 0.3 is 0 Å². The van der Waals surface area contributed by atoms with Gasteiger partial charge in [0.15, 0.2) is 5.69 Å². The Labute approximate surface area is 125 Å². The van der Waals surface area contributed by atoms with Crippen LogP contribution in [-0.2, 0) is 4.79 Å². The number of carbonyl (C=O) groups is 2. The fraction of sp³-hybridized carbons (Fsp3) is 0.0714. The van der Waals surface area contributed by atoms with E-state index in [-0.39, 0.29) is 17.4 Å². The van der Waals surface area contributed by atoms with Crippen molar-refractivity contribution in [2.24, 2.45) is 0 Å². The van der Waals surface area contributed by atoms with E-state index in [1.807, 2.05) is 0 Å². The summed E-state index contributed by atoms with van der Waals surface area (Å²) >= 11 is 5.89. The average Bonchev–Trinajstić information content (AvgIpc) is 2.42. The Morgan fingerprint density at radius 2 is 1.95 bits per heavy atom. The molecule has 21 heavy (non-hydrogen) atoms. The van der Waals surface area contributed by atoms with Gasteiger partial charge in [0.05, 0.1) is 11.4 Å². The summed E-state index contributed by atoms with van der Waals surface area (Å²) in [6.07, 6.45) is 1.39. The predicted molar refractivity (Wildman–Crippen MR) is 79.6 cm³/mol. The second-order valence-electron chi connectivity index (χ2n) is 4.20. The predicted octanol–water partition coefficient (Wildman–Crippen LogP) is 2.65. The van der Waals surface area contributed by atoms with Crippen LogP contribution in [0.15, 0.2) is 36.5 Å². The van der Waals surface area contributed by atoms with E-state index < -0.39 is 5.91 Å². The zero-order chi connectivity index (χ0) is 15.4. The van der Waals surface area contributed by atoms with E-state index in [0.717, 1.165) is 0 Å². The van der Waals surface area contributed by atoms with E-state index in [0.29, 0.717) is 16.4 Å². The first-order valence-corrected chi connectivity index (χ1v) is 6.37. The van der Waals surface area contributed by atoms with Crippen molar-refractivity contribution in [2.75, 3.05) is 10.6 Å². The normalized spacial score (nSPS) is 10.0. The summed E-state index contributed by atoms with van der Waals surface area (Å²) in [6, 6.07) is 7.51. The summed E-state index contributed by atoms with van der Waals surface area (Å²) < 4.78 is 0. The molecule has 1 aromatic carbocycles. The van der Waals surface area contributed by atoms with Crippen LogP contribution in [-0.4, -0.2) is 21.9 Å². The quantitative estimate of drug-likeness (QED) is 0.813. The Morgan fingerprint density at radius 3 is 2.62 bits per heavy atom. The zero-order valence-corrected chi connectivity index (χ0v) is 11.8. The van der Waals surface area contributed by atoms with Crippen molar-refractivity contribution in [3.63, 3.8) is 0 Å². The molecular weight excluding hydrogens is 294 g/mol. The summed E-state index contributed by atoms with van der Waals surface area (Å²) in [5.74, 6) is -1.13. The first-order chi connectivity index (χ1) is 9.97. The van der Waals surface area contributed by atoms with Gasteiger partial charge < -0.3 is 15.7 Å². The van der Waals surface area contributed by atoms with E-state index in [4.69, 9.17) is 11.6 Å². The van der Waals surface area contributed by atoms with Crippen molar-refractivity contribution >= 4 is 34.8 Å². The van der Waals surface area contributed by atoms with Gasteiger partial charge in [-0.15, -0.1) is 0 Å². The largest absolute Gasteiger partial charge is 0.505 e. The van der Waals surface area contributed by atoms with Crippen molar-refractivity contribution in [1.82, 2.24) is 4.98 Å². The van der Waals surface area contributed by atoms with Gasteiger partial charge in [0.1, 0.15) is 5.75 Å². The van der Waals surface area contributed by atoms with Gasteiger partial charge in [0.2, 0.25) is 5.91 Å². The van der Waals surface area contributed by atoms with Gasteiger partial charge in [0.25, 0.3) is 5.91 Å². The molecular formula is C14H12ClN3O3. The monoisotopic (exact) mass is 305 g/mol. The molecule has 0 unspecified atom stereocenters. The minimum absolute atomic E-state index is 0.119. The Balaban J connectivity index is 2.30. The standard InChI is InChI=1S/C14H12ClN3O3/c1-8(19)17-10-5-4-9(15)7-11(10)18-14(21)13-12(20)3-2-6-16-13/h2-7,20H,1H3,(H,17,19)(H,18,21). The summed E-state index contributed by atoms with van der Waals surface area (Å²) in [4.78, 5) is 27.1. The van der Waals surface area contributed by atoms with Crippen molar-refractivity contribution in [1.29, 1.82) is 0 Å². The van der Waals surface area contributed by atoms with Gasteiger partial charge in [0, 0.05) is 18.1 Å². The fourth-order valence-electron chi connectivity index (χ4n) is 1.67. The molecule has 0 aliphatic carbocycles. The highest BCUT2D eigenvalue weighted by Crippen LogP contribution is 2.27. The van der Waals surface area contributed by atoms with E-state index in [9.17, 15) is 14.7 Å². The molecule has 0 saturated heterocycles. The molecule has 2 rings (SSSR count). The molecule has 7 heteroatoms. The van der Waals surface area contributed by atoms with E-state index >= 15 is 0 Å². The number of pyridine rings is 1. The minimum atomic E-state index is -0.609. The summed E-state index contributed by atoms with van der Waals surface area (Å²) in [5, 5.41) is 15.1. The maximum absolute atomic E-state index is 12.1. The molecule has 0 spiro atoms. The highest BCUT2D eigenvalue weighted by atomic mass is 35.5. The number of amides is 2. The molecule has 0 saturated carbocycles. The second-order valence-corrected chi connectivity index (χ2v) is 4.63. The minimum Gasteiger partial charge on any atom is -0.505 e. The lowest BCUT2D eigenvalue weighted by Gasteiger charge is -2.12. The van der Waals surface area contributed by atoms with E-state index in [1.165, 1.54) is 31.3 Å². The summed E-state index contributed by atoms with van der Waals surface area (Å²) in [6.45, 7) is 1.35. The van der Waals surface area contributed by atoms with E-state index in [2.05, 4.69) is 15.6 Å². The van der Waals surface area contributed by atoms with Crippen LogP contribution in [0.5, 0.6) is 5.75 Å². The lowest BCUT2D eigenvalue weighted by molar-refractivity contribution is -0.114. The Hall–Kier alpha value is -2.60. The fourth-order valence-corrected chi connectivity index (χ4v) is 1.84. The molecule has 0 aliphatic rings. The first-order valence-electron chi connectivity index (χ1n) is 6.00. The van der Waals surface area contributed by atoms with Crippen LogP contribution in [0.25, 0.3) is 0 Å².